The number of nitrogens with one attached hydrogen (secondary N) is 1. The molecule has 1 aromatic rings. The summed E-state index contributed by atoms with van der Waals surface area (Å²) in [5.74, 6) is 0. The summed E-state index contributed by atoms with van der Waals surface area (Å²) in [5.41, 5.74) is -0.823. The molecule has 21 heavy (non-hydrogen) atoms. The first kappa shape index (κ1) is 16.2. The minimum Gasteiger partial charge on any atom is -0.394 e. The van der Waals surface area contributed by atoms with E-state index in [9.17, 15) is 15.3 Å². The van der Waals surface area contributed by atoms with Gasteiger partial charge < -0.3 is 30.5 Å². The van der Waals surface area contributed by atoms with Crippen molar-refractivity contribution in [2.75, 3.05) is 18.5 Å². The molecule has 0 spiro atoms. The van der Waals surface area contributed by atoms with Gasteiger partial charge in [0, 0.05) is 18.2 Å². The smallest absolute Gasteiger partial charge is 0.123 e. The van der Waals surface area contributed by atoms with Gasteiger partial charge in [-0.25, -0.2) is 0 Å². The predicted molar refractivity (Wildman–Crippen MR) is 77.9 cm³/mol. The number of ether oxygens (including phenoxy) is 1. The molecule has 1 aromatic carbocycles. The average molecular weight is 297 g/mol. The molecular formula is C15H23NO5. The Morgan fingerprint density at radius 3 is 2.62 bits per heavy atom. The molecule has 1 aliphatic rings. The van der Waals surface area contributed by atoms with E-state index in [1.54, 1.807) is 0 Å². The van der Waals surface area contributed by atoms with Crippen molar-refractivity contribution in [1.82, 2.24) is 0 Å². The lowest BCUT2D eigenvalue weighted by molar-refractivity contribution is -0.250. The largest absolute Gasteiger partial charge is 0.394 e. The number of anilines is 1. The first-order chi connectivity index (χ1) is 9.97. The zero-order chi connectivity index (χ0) is 15.5. The SMILES string of the molecule is CC(C[C@]1(O)[C@@H](O)CO[C@H](CO)[C@@H]1O)Nc1ccccc1. The minimum absolute atomic E-state index is 0.114. The number of hydrogen-bond donors (Lipinski definition) is 5. The van der Waals surface area contributed by atoms with Crippen molar-refractivity contribution < 1.29 is 25.2 Å². The van der Waals surface area contributed by atoms with E-state index in [2.05, 4.69) is 5.32 Å². The molecule has 0 saturated carbocycles. The van der Waals surface area contributed by atoms with Gasteiger partial charge in [-0.2, -0.15) is 0 Å². The highest BCUT2D eigenvalue weighted by Crippen LogP contribution is 2.31. The van der Waals surface area contributed by atoms with E-state index in [4.69, 9.17) is 9.84 Å². The van der Waals surface area contributed by atoms with E-state index < -0.39 is 30.5 Å². The molecule has 1 heterocycles. The molecule has 1 fully saturated rings. The maximum absolute atomic E-state index is 10.6. The lowest BCUT2D eigenvalue weighted by Gasteiger charge is -2.45. The van der Waals surface area contributed by atoms with Crippen LogP contribution < -0.4 is 5.32 Å². The van der Waals surface area contributed by atoms with Crippen LogP contribution in [0.5, 0.6) is 0 Å². The molecule has 2 rings (SSSR count). The van der Waals surface area contributed by atoms with Crippen molar-refractivity contribution >= 4 is 5.69 Å². The molecule has 0 amide bonds. The van der Waals surface area contributed by atoms with E-state index in [1.165, 1.54) is 0 Å². The second-order valence-electron chi connectivity index (χ2n) is 5.62. The minimum atomic E-state index is -1.72. The van der Waals surface area contributed by atoms with Gasteiger partial charge in [0.15, 0.2) is 0 Å². The molecular weight excluding hydrogens is 274 g/mol. The van der Waals surface area contributed by atoms with Gasteiger partial charge in [-0.15, -0.1) is 0 Å². The first-order valence-corrected chi connectivity index (χ1v) is 7.10. The quantitative estimate of drug-likeness (QED) is 0.512. The monoisotopic (exact) mass is 297 g/mol. The van der Waals surface area contributed by atoms with Crippen LogP contribution in [0.1, 0.15) is 13.3 Å². The average Bonchev–Trinajstić information content (AvgIpc) is 2.46. The second-order valence-corrected chi connectivity index (χ2v) is 5.62. The Kier molecular flexibility index (Phi) is 5.18. The highest BCUT2D eigenvalue weighted by atomic mass is 16.5. The number of hydrogen-bond acceptors (Lipinski definition) is 6. The Balaban J connectivity index is 2.04. The van der Waals surface area contributed by atoms with E-state index >= 15 is 0 Å². The van der Waals surface area contributed by atoms with Gasteiger partial charge in [0.1, 0.15) is 23.9 Å². The summed E-state index contributed by atoms with van der Waals surface area (Å²) in [6.07, 6.45) is -3.30. The van der Waals surface area contributed by atoms with E-state index in [1.807, 2.05) is 37.3 Å². The summed E-state index contributed by atoms with van der Waals surface area (Å²) in [7, 11) is 0. The van der Waals surface area contributed by atoms with Crippen LogP contribution in [0.4, 0.5) is 5.69 Å². The van der Waals surface area contributed by atoms with Gasteiger partial charge in [-0.1, -0.05) is 18.2 Å². The third kappa shape index (κ3) is 3.53. The number of aliphatic hydroxyl groups excluding tert-OH is 3. The maximum Gasteiger partial charge on any atom is 0.123 e. The van der Waals surface area contributed by atoms with Gasteiger partial charge in [0.05, 0.1) is 13.2 Å². The summed E-state index contributed by atoms with van der Waals surface area (Å²) in [5, 5.41) is 43.1. The fourth-order valence-corrected chi connectivity index (χ4v) is 2.74. The van der Waals surface area contributed by atoms with Crippen LogP contribution in [0.25, 0.3) is 0 Å². The maximum atomic E-state index is 10.6. The number of aliphatic hydroxyl groups is 4. The Morgan fingerprint density at radius 1 is 1.33 bits per heavy atom. The van der Waals surface area contributed by atoms with Crippen LogP contribution in [0.15, 0.2) is 30.3 Å². The van der Waals surface area contributed by atoms with Crippen LogP contribution in [-0.2, 0) is 4.74 Å². The fourth-order valence-electron chi connectivity index (χ4n) is 2.74. The summed E-state index contributed by atoms with van der Waals surface area (Å²) < 4.78 is 5.12. The topological polar surface area (TPSA) is 102 Å². The molecule has 1 saturated heterocycles. The van der Waals surface area contributed by atoms with Crippen molar-refractivity contribution in [2.45, 2.75) is 43.3 Å². The lowest BCUT2D eigenvalue weighted by atomic mass is 9.80. The number of benzene rings is 1. The van der Waals surface area contributed by atoms with Gasteiger partial charge >= 0.3 is 0 Å². The van der Waals surface area contributed by atoms with Crippen molar-refractivity contribution in [1.29, 1.82) is 0 Å². The van der Waals surface area contributed by atoms with Crippen LogP contribution in [0.3, 0.4) is 0 Å². The predicted octanol–water partition coefficient (Wildman–Crippen LogP) is -0.279. The molecule has 5 atom stereocenters. The van der Waals surface area contributed by atoms with Gasteiger partial charge in [0.25, 0.3) is 0 Å². The van der Waals surface area contributed by atoms with Crippen molar-refractivity contribution in [3.63, 3.8) is 0 Å². The van der Waals surface area contributed by atoms with Crippen LogP contribution >= 0.6 is 0 Å². The highest BCUT2D eigenvalue weighted by molar-refractivity contribution is 5.43. The Bertz CT molecular complexity index is 443. The molecule has 118 valence electrons. The summed E-state index contributed by atoms with van der Waals surface area (Å²) in [6.45, 7) is 1.33. The van der Waals surface area contributed by atoms with E-state index in [-0.39, 0.29) is 19.1 Å². The van der Waals surface area contributed by atoms with Crippen LogP contribution in [-0.4, -0.2) is 63.6 Å². The van der Waals surface area contributed by atoms with Gasteiger partial charge in [0.2, 0.25) is 0 Å². The molecule has 0 radical (unpaired) electrons. The molecule has 6 heteroatoms. The molecule has 1 aliphatic heterocycles. The zero-order valence-electron chi connectivity index (χ0n) is 12.0. The normalized spacial score (nSPS) is 34.4. The van der Waals surface area contributed by atoms with Gasteiger partial charge in [-0.05, 0) is 19.1 Å². The van der Waals surface area contributed by atoms with Gasteiger partial charge in [-0.3, -0.25) is 0 Å². The number of para-hydroxylation sites is 1. The Labute approximate surface area is 124 Å². The fraction of sp³-hybridized carbons (Fsp3) is 0.600. The lowest BCUT2D eigenvalue weighted by Crippen LogP contribution is -2.64. The third-order valence-corrected chi connectivity index (χ3v) is 3.91. The summed E-state index contributed by atoms with van der Waals surface area (Å²) in [6, 6.07) is 9.30. The van der Waals surface area contributed by atoms with Crippen molar-refractivity contribution in [2.24, 2.45) is 0 Å². The van der Waals surface area contributed by atoms with Crippen molar-refractivity contribution in [3.05, 3.63) is 30.3 Å². The van der Waals surface area contributed by atoms with Crippen LogP contribution in [0, 0.1) is 0 Å². The molecule has 0 aliphatic carbocycles. The zero-order valence-corrected chi connectivity index (χ0v) is 12.0. The van der Waals surface area contributed by atoms with E-state index in [0.717, 1.165) is 5.69 Å². The molecule has 0 bridgehead atoms. The molecule has 6 nitrogen and oxygen atoms in total. The van der Waals surface area contributed by atoms with E-state index in [0.29, 0.717) is 0 Å². The molecule has 1 unspecified atom stereocenters. The summed E-state index contributed by atoms with van der Waals surface area (Å²) >= 11 is 0. The second kappa shape index (κ2) is 6.72. The Hall–Kier alpha value is -1.18. The standard InChI is InChI=1S/C15H23NO5/c1-10(16-11-5-3-2-4-6-11)7-15(20)13(18)9-21-12(8-17)14(15)19/h2-6,10,12-14,16-20H,7-9H2,1H3/t10?,12-,13+,14+,15+/m1/s1. The molecule has 0 aromatic heterocycles. The summed E-state index contributed by atoms with van der Waals surface area (Å²) in [4.78, 5) is 0. The van der Waals surface area contributed by atoms with Crippen LogP contribution in [0.2, 0.25) is 0 Å². The molecule has 5 N–H and O–H groups in total. The third-order valence-electron chi connectivity index (χ3n) is 3.91. The van der Waals surface area contributed by atoms with Crippen molar-refractivity contribution in [3.8, 4) is 0 Å². The highest BCUT2D eigenvalue weighted by Gasteiger charge is 2.50. The Morgan fingerprint density at radius 2 is 2.00 bits per heavy atom. The number of rotatable bonds is 5. The first-order valence-electron chi connectivity index (χ1n) is 7.10.